The number of benzene rings is 1. The Morgan fingerprint density at radius 3 is 2.47 bits per heavy atom. The van der Waals surface area contributed by atoms with Crippen LogP contribution in [0, 0.1) is 25.2 Å². The van der Waals surface area contributed by atoms with Crippen LogP contribution in [-0.4, -0.2) is 11.9 Å². The summed E-state index contributed by atoms with van der Waals surface area (Å²) >= 11 is 0. The van der Waals surface area contributed by atoms with Gasteiger partial charge >= 0.3 is 0 Å². The zero-order valence-electron chi connectivity index (χ0n) is 11.6. The van der Waals surface area contributed by atoms with Crippen LogP contribution in [0.3, 0.4) is 0 Å². The van der Waals surface area contributed by atoms with Gasteiger partial charge in [-0.05, 0) is 50.2 Å². The van der Waals surface area contributed by atoms with Crippen LogP contribution in [0.5, 0.6) is 0 Å². The lowest BCUT2D eigenvalue weighted by Gasteiger charge is -2.17. The van der Waals surface area contributed by atoms with E-state index in [-0.39, 0.29) is 0 Å². The summed E-state index contributed by atoms with van der Waals surface area (Å²) in [5, 5.41) is 8.87. The van der Waals surface area contributed by atoms with Crippen LogP contribution in [0.4, 0.5) is 0 Å². The Balaban J connectivity index is 2.05. The van der Waals surface area contributed by atoms with Crippen molar-refractivity contribution in [2.24, 2.45) is 0 Å². The lowest BCUT2D eigenvalue weighted by atomic mass is 10.1. The summed E-state index contributed by atoms with van der Waals surface area (Å²) in [5.41, 5.74) is 4.35. The summed E-state index contributed by atoms with van der Waals surface area (Å²) in [4.78, 5) is 2.24. The lowest BCUT2D eigenvalue weighted by molar-refractivity contribution is 0.315. The van der Waals surface area contributed by atoms with Crippen molar-refractivity contribution >= 4 is 0 Å². The smallest absolute Gasteiger partial charge is 0.105 e. The molecule has 0 aliphatic carbocycles. The van der Waals surface area contributed by atoms with Crippen molar-refractivity contribution in [3.63, 3.8) is 0 Å². The van der Waals surface area contributed by atoms with E-state index in [1.165, 1.54) is 11.1 Å². The van der Waals surface area contributed by atoms with E-state index < -0.39 is 0 Å². The van der Waals surface area contributed by atoms with Crippen LogP contribution < -0.4 is 0 Å². The molecule has 0 saturated heterocycles. The molecule has 0 aliphatic heterocycles. The zero-order valence-corrected chi connectivity index (χ0v) is 11.6. The molecule has 1 aromatic heterocycles. The van der Waals surface area contributed by atoms with Crippen molar-refractivity contribution in [3.05, 3.63) is 58.5 Å². The molecular weight excluding hydrogens is 236 g/mol. The van der Waals surface area contributed by atoms with E-state index in [9.17, 15) is 0 Å². The summed E-state index contributed by atoms with van der Waals surface area (Å²) in [6.07, 6.45) is 1.73. The lowest BCUT2D eigenvalue weighted by Crippen LogP contribution is -2.18. The molecule has 0 atom stereocenters. The van der Waals surface area contributed by atoms with Crippen LogP contribution in [0.25, 0.3) is 0 Å². The van der Waals surface area contributed by atoms with Crippen molar-refractivity contribution in [1.29, 1.82) is 5.26 Å². The number of rotatable bonds is 4. The summed E-state index contributed by atoms with van der Waals surface area (Å²) in [6.45, 7) is 5.76. The Labute approximate surface area is 114 Å². The normalized spacial score (nSPS) is 10.7. The molecule has 98 valence electrons. The Bertz CT molecular complexity index is 607. The molecule has 0 saturated carbocycles. The second-order valence-electron chi connectivity index (χ2n) is 4.93. The third-order valence-corrected chi connectivity index (χ3v) is 3.32. The summed E-state index contributed by atoms with van der Waals surface area (Å²) in [7, 11) is 2.09. The van der Waals surface area contributed by atoms with E-state index in [1.807, 2.05) is 38.1 Å². The van der Waals surface area contributed by atoms with Gasteiger partial charge in [-0.25, -0.2) is 0 Å². The number of hydrogen-bond donors (Lipinski definition) is 0. The molecule has 1 heterocycles. The van der Waals surface area contributed by atoms with Gasteiger partial charge in [0.25, 0.3) is 0 Å². The molecule has 0 radical (unpaired) electrons. The quantitative estimate of drug-likeness (QED) is 0.839. The maximum absolute atomic E-state index is 8.87. The number of hydrogen-bond acceptors (Lipinski definition) is 3. The third-order valence-electron chi connectivity index (χ3n) is 3.32. The first kappa shape index (κ1) is 13.4. The highest BCUT2D eigenvalue weighted by molar-refractivity contribution is 5.37. The van der Waals surface area contributed by atoms with Gasteiger partial charge in [0.05, 0.1) is 17.9 Å². The van der Waals surface area contributed by atoms with Gasteiger partial charge in [-0.15, -0.1) is 0 Å². The molecular formula is C16H18N2O. The predicted molar refractivity (Wildman–Crippen MR) is 74.5 cm³/mol. The Kier molecular flexibility index (Phi) is 4.03. The SMILES string of the molecule is Cc1cc(C#N)ccc1CN(C)Cc1ccoc1C. The molecule has 0 fully saturated rings. The molecule has 19 heavy (non-hydrogen) atoms. The van der Waals surface area contributed by atoms with Gasteiger partial charge in [0.15, 0.2) is 0 Å². The van der Waals surface area contributed by atoms with E-state index in [0.29, 0.717) is 0 Å². The van der Waals surface area contributed by atoms with Gasteiger partial charge in [-0.2, -0.15) is 5.26 Å². The van der Waals surface area contributed by atoms with Crippen molar-refractivity contribution in [1.82, 2.24) is 4.90 Å². The zero-order chi connectivity index (χ0) is 13.8. The van der Waals surface area contributed by atoms with Crippen LogP contribution in [-0.2, 0) is 13.1 Å². The molecule has 1 aromatic carbocycles. The Hall–Kier alpha value is -2.05. The average Bonchev–Trinajstić information content (AvgIpc) is 2.77. The molecule has 0 amide bonds. The molecule has 2 aromatic rings. The standard InChI is InChI=1S/C16H18N2O/c1-12-8-14(9-17)4-5-15(12)10-18(3)11-16-6-7-19-13(16)2/h4-8H,10-11H2,1-3H3. The minimum Gasteiger partial charge on any atom is -0.469 e. The highest BCUT2D eigenvalue weighted by Crippen LogP contribution is 2.16. The predicted octanol–water partition coefficient (Wildman–Crippen LogP) is 3.40. The fraction of sp³-hybridized carbons (Fsp3) is 0.312. The monoisotopic (exact) mass is 254 g/mol. The molecule has 0 aliphatic rings. The van der Waals surface area contributed by atoms with E-state index in [4.69, 9.17) is 9.68 Å². The molecule has 0 unspecified atom stereocenters. The van der Waals surface area contributed by atoms with Crippen LogP contribution in [0.15, 0.2) is 34.9 Å². The highest BCUT2D eigenvalue weighted by Gasteiger charge is 2.08. The number of aryl methyl sites for hydroxylation is 2. The molecule has 0 spiro atoms. The summed E-state index contributed by atoms with van der Waals surface area (Å²) < 4.78 is 5.31. The Morgan fingerprint density at radius 2 is 1.89 bits per heavy atom. The fourth-order valence-corrected chi connectivity index (χ4v) is 2.16. The summed E-state index contributed by atoms with van der Waals surface area (Å²) in [5.74, 6) is 0.975. The van der Waals surface area contributed by atoms with Crippen molar-refractivity contribution in [2.45, 2.75) is 26.9 Å². The van der Waals surface area contributed by atoms with Crippen molar-refractivity contribution < 1.29 is 4.42 Å². The molecule has 3 nitrogen and oxygen atoms in total. The largest absolute Gasteiger partial charge is 0.469 e. The van der Waals surface area contributed by atoms with Gasteiger partial charge < -0.3 is 4.42 Å². The van der Waals surface area contributed by atoms with E-state index in [1.54, 1.807) is 6.26 Å². The maximum atomic E-state index is 8.87. The van der Waals surface area contributed by atoms with Crippen LogP contribution in [0.1, 0.15) is 28.0 Å². The van der Waals surface area contributed by atoms with Gasteiger partial charge in [-0.3, -0.25) is 4.90 Å². The van der Waals surface area contributed by atoms with Crippen LogP contribution >= 0.6 is 0 Å². The average molecular weight is 254 g/mol. The maximum Gasteiger partial charge on any atom is 0.105 e. The first-order valence-corrected chi connectivity index (χ1v) is 6.31. The van der Waals surface area contributed by atoms with Crippen molar-refractivity contribution in [2.75, 3.05) is 7.05 Å². The van der Waals surface area contributed by atoms with E-state index in [2.05, 4.69) is 18.0 Å². The number of nitrogens with zero attached hydrogens (tertiary/aromatic N) is 2. The Morgan fingerprint density at radius 1 is 1.16 bits per heavy atom. The molecule has 0 bridgehead atoms. The third kappa shape index (κ3) is 3.24. The fourth-order valence-electron chi connectivity index (χ4n) is 2.16. The second kappa shape index (κ2) is 5.73. The van der Waals surface area contributed by atoms with Gasteiger partial charge in [0.1, 0.15) is 5.76 Å². The minimum absolute atomic E-state index is 0.717. The minimum atomic E-state index is 0.717. The van der Waals surface area contributed by atoms with Gasteiger partial charge in [0, 0.05) is 18.7 Å². The molecule has 0 N–H and O–H groups in total. The topological polar surface area (TPSA) is 40.2 Å². The van der Waals surface area contributed by atoms with E-state index >= 15 is 0 Å². The van der Waals surface area contributed by atoms with Crippen LogP contribution in [0.2, 0.25) is 0 Å². The van der Waals surface area contributed by atoms with E-state index in [0.717, 1.165) is 30.0 Å². The highest BCUT2D eigenvalue weighted by atomic mass is 16.3. The molecule has 3 heteroatoms. The van der Waals surface area contributed by atoms with Gasteiger partial charge in [0.2, 0.25) is 0 Å². The first-order chi connectivity index (χ1) is 9.10. The summed E-state index contributed by atoms with van der Waals surface area (Å²) in [6, 6.07) is 10.0. The number of furan rings is 1. The molecule has 2 rings (SSSR count). The first-order valence-electron chi connectivity index (χ1n) is 6.31. The number of nitriles is 1. The second-order valence-corrected chi connectivity index (χ2v) is 4.93. The van der Waals surface area contributed by atoms with Crippen molar-refractivity contribution in [3.8, 4) is 6.07 Å². The van der Waals surface area contributed by atoms with Gasteiger partial charge in [-0.1, -0.05) is 6.07 Å².